The SMILES string of the molecule is NC(=O)n1nc(-c2cncc(Br)c2)c2c1NCC2. The summed E-state index contributed by atoms with van der Waals surface area (Å²) in [6.45, 7) is 0.787. The number of carbonyl (C=O) groups is 1. The molecule has 2 aromatic heterocycles. The van der Waals surface area contributed by atoms with Crippen molar-refractivity contribution in [1.29, 1.82) is 0 Å². The van der Waals surface area contributed by atoms with Crippen molar-refractivity contribution in [2.75, 3.05) is 11.9 Å². The quantitative estimate of drug-likeness (QED) is 0.838. The molecule has 3 heterocycles. The Morgan fingerprint density at radius 3 is 3.06 bits per heavy atom. The van der Waals surface area contributed by atoms with E-state index in [9.17, 15) is 4.79 Å². The van der Waals surface area contributed by atoms with Crippen molar-refractivity contribution < 1.29 is 4.79 Å². The zero-order valence-corrected chi connectivity index (χ0v) is 10.9. The number of anilines is 1. The summed E-state index contributed by atoms with van der Waals surface area (Å²) in [6, 6.07) is 1.33. The summed E-state index contributed by atoms with van der Waals surface area (Å²) in [4.78, 5) is 15.4. The number of nitrogens with zero attached hydrogens (tertiary/aromatic N) is 3. The minimum Gasteiger partial charge on any atom is -0.369 e. The maximum Gasteiger partial charge on any atom is 0.341 e. The molecule has 1 amide bonds. The molecular formula is C11H10BrN5O. The highest BCUT2D eigenvalue weighted by atomic mass is 79.9. The van der Waals surface area contributed by atoms with Crippen LogP contribution in [0, 0.1) is 0 Å². The normalized spacial score (nSPS) is 13.2. The lowest BCUT2D eigenvalue weighted by Gasteiger charge is -2.00. The zero-order chi connectivity index (χ0) is 12.7. The van der Waals surface area contributed by atoms with Gasteiger partial charge < -0.3 is 11.1 Å². The molecule has 1 aliphatic heterocycles. The van der Waals surface area contributed by atoms with Crippen LogP contribution in [0.3, 0.4) is 0 Å². The lowest BCUT2D eigenvalue weighted by Crippen LogP contribution is -2.22. The van der Waals surface area contributed by atoms with Crippen LogP contribution < -0.4 is 11.1 Å². The second-order valence-corrected chi connectivity index (χ2v) is 4.91. The van der Waals surface area contributed by atoms with E-state index in [0.29, 0.717) is 5.82 Å². The third-order valence-electron chi connectivity index (χ3n) is 2.84. The molecule has 0 radical (unpaired) electrons. The number of hydrogen-bond donors (Lipinski definition) is 2. The van der Waals surface area contributed by atoms with E-state index in [4.69, 9.17) is 5.73 Å². The molecule has 0 aromatic carbocycles. The number of amides is 1. The molecule has 0 aliphatic carbocycles. The summed E-state index contributed by atoms with van der Waals surface area (Å²) in [5, 5.41) is 7.38. The Balaban J connectivity index is 2.19. The van der Waals surface area contributed by atoms with Gasteiger partial charge in [-0.15, -0.1) is 0 Å². The van der Waals surface area contributed by atoms with Gasteiger partial charge >= 0.3 is 6.03 Å². The van der Waals surface area contributed by atoms with Crippen molar-refractivity contribution in [3.05, 3.63) is 28.5 Å². The Labute approximate surface area is 111 Å². The highest BCUT2D eigenvalue weighted by Gasteiger charge is 2.25. The maximum absolute atomic E-state index is 11.3. The molecular weight excluding hydrogens is 298 g/mol. The molecule has 18 heavy (non-hydrogen) atoms. The molecule has 3 N–H and O–H groups in total. The van der Waals surface area contributed by atoms with Crippen LogP contribution in [-0.4, -0.2) is 27.3 Å². The third-order valence-corrected chi connectivity index (χ3v) is 3.27. The topological polar surface area (TPSA) is 85.8 Å². The van der Waals surface area contributed by atoms with Crippen molar-refractivity contribution >= 4 is 27.8 Å². The first-order chi connectivity index (χ1) is 8.66. The monoisotopic (exact) mass is 307 g/mol. The number of fused-ring (bicyclic) bond motifs is 1. The molecule has 1 aliphatic rings. The molecule has 3 rings (SSSR count). The molecule has 0 saturated carbocycles. The first-order valence-electron chi connectivity index (χ1n) is 5.43. The van der Waals surface area contributed by atoms with Crippen LogP contribution in [0.15, 0.2) is 22.9 Å². The summed E-state index contributed by atoms with van der Waals surface area (Å²) in [7, 11) is 0. The van der Waals surface area contributed by atoms with Crippen LogP contribution in [0.1, 0.15) is 5.56 Å². The molecule has 7 heteroatoms. The maximum atomic E-state index is 11.3. The van der Waals surface area contributed by atoms with Crippen LogP contribution in [0.5, 0.6) is 0 Å². The second-order valence-electron chi connectivity index (χ2n) is 3.99. The van der Waals surface area contributed by atoms with Gasteiger partial charge in [0, 0.05) is 34.5 Å². The van der Waals surface area contributed by atoms with Crippen molar-refractivity contribution in [2.24, 2.45) is 5.73 Å². The van der Waals surface area contributed by atoms with Crippen LogP contribution in [-0.2, 0) is 6.42 Å². The van der Waals surface area contributed by atoms with E-state index in [0.717, 1.165) is 34.3 Å². The highest BCUT2D eigenvalue weighted by molar-refractivity contribution is 9.10. The molecule has 2 aromatic rings. The molecule has 0 unspecified atom stereocenters. The highest BCUT2D eigenvalue weighted by Crippen LogP contribution is 2.32. The van der Waals surface area contributed by atoms with Crippen LogP contribution in [0.4, 0.5) is 10.6 Å². The van der Waals surface area contributed by atoms with Gasteiger partial charge in [-0.3, -0.25) is 4.98 Å². The van der Waals surface area contributed by atoms with E-state index in [1.165, 1.54) is 4.68 Å². The van der Waals surface area contributed by atoms with Gasteiger partial charge in [0.25, 0.3) is 0 Å². The summed E-state index contributed by atoms with van der Waals surface area (Å²) in [6.07, 6.45) is 4.24. The minimum absolute atomic E-state index is 0.588. The van der Waals surface area contributed by atoms with E-state index >= 15 is 0 Å². The second kappa shape index (κ2) is 4.09. The zero-order valence-electron chi connectivity index (χ0n) is 9.35. The molecule has 0 atom stereocenters. The summed E-state index contributed by atoms with van der Waals surface area (Å²) < 4.78 is 2.08. The Morgan fingerprint density at radius 2 is 2.33 bits per heavy atom. The largest absolute Gasteiger partial charge is 0.369 e. The van der Waals surface area contributed by atoms with Gasteiger partial charge in [-0.25, -0.2) is 4.79 Å². The number of primary amides is 1. The van der Waals surface area contributed by atoms with Gasteiger partial charge in [0.2, 0.25) is 0 Å². The molecule has 0 fully saturated rings. The Kier molecular flexibility index (Phi) is 2.55. The molecule has 0 spiro atoms. The van der Waals surface area contributed by atoms with E-state index in [2.05, 4.69) is 31.3 Å². The molecule has 0 bridgehead atoms. The predicted molar refractivity (Wildman–Crippen MR) is 70.3 cm³/mol. The van der Waals surface area contributed by atoms with E-state index in [1.807, 2.05) is 6.07 Å². The number of pyridine rings is 1. The number of aromatic nitrogens is 3. The first-order valence-corrected chi connectivity index (χ1v) is 6.22. The summed E-state index contributed by atoms with van der Waals surface area (Å²) >= 11 is 3.37. The fraction of sp³-hybridized carbons (Fsp3) is 0.182. The average Bonchev–Trinajstić information content (AvgIpc) is 2.88. The number of carbonyl (C=O) groups excluding carboxylic acids is 1. The lowest BCUT2D eigenvalue weighted by molar-refractivity contribution is 0.248. The predicted octanol–water partition coefficient (Wildman–Crippen LogP) is 1.60. The Bertz CT molecular complexity index is 636. The van der Waals surface area contributed by atoms with Crippen LogP contribution in [0.25, 0.3) is 11.3 Å². The Morgan fingerprint density at radius 1 is 1.50 bits per heavy atom. The van der Waals surface area contributed by atoms with Crippen molar-refractivity contribution in [3.63, 3.8) is 0 Å². The van der Waals surface area contributed by atoms with Gasteiger partial charge in [-0.1, -0.05) is 0 Å². The summed E-state index contributed by atoms with van der Waals surface area (Å²) in [5.74, 6) is 0.692. The molecule has 6 nitrogen and oxygen atoms in total. The standard InChI is InChI=1S/C11H10BrN5O/c12-7-3-6(4-14-5-7)9-8-1-2-15-10(8)17(16-9)11(13)18/h3-5,15H,1-2H2,(H2,13,18). The molecule has 0 saturated heterocycles. The van der Waals surface area contributed by atoms with Crippen LogP contribution in [0.2, 0.25) is 0 Å². The van der Waals surface area contributed by atoms with Gasteiger partial charge in [-0.05, 0) is 28.4 Å². The molecule has 92 valence electrons. The fourth-order valence-corrected chi connectivity index (χ4v) is 2.47. The van der Waals surface area contributed by atoms with E-state index in [1.54, 1.807) is 12.4 Å². The van der Waals surface area contributed by atoms with Gasteiger partial charge in [0.15, 0.2) is 0 Å². The van der Waals surface area contributed by atoms with Gasteiger partial charge in [-0.2, -0.15) is 9.78 Å². The summed E-state index contributed by atoms with van der Waals surface area (Å²) in [5.41, 5.74) is 7.93. The number of hydrogen-bond acceptors (Lipinski definition) is 4. The number of halogens is 1. The fourth-order valence-electron chi connectivity index (χ4n) is 2.11. The van der Waals surface area contributed by atoms with Gasteiger partial charge in [0.05, 0.1) is 5.69 Å². The number of nitrogens with one attached hydrogen (secondary N) is 1. The third kappa shape index (κ3) is 1.67. The van der Waals surface area contributed by atoms with Crippen molar-refractivity contribution in [1.82, 2.24) is 14.8 Å². The van der Waals surface area contributed by atoms with Crippen molar-refractivity contribution in [3.8, 4) is 11.3 Å². The van der Waals surface area contributed by atoms with Crippen molar-refractivity contribution in [2.45, 2.75) is 6.42 Å². The Hall–Kier alpha value is -1.89. The number of rotatable bonds is 1. The first kappa shape index (κ1) is 11.2. The van der Waals surface area contributed by atoms with E-state index in [-0.39, 0.29) is 0 Å². The smallest absolute Gasteiger partial charge is 0.341 e. The average molecular weight is 308 g/mol. The minimum atomic E-state index is -0.588. The van der Waals surface area contributed by atoms with Crippen LogP contribution >= 0.6 is 15.9 Å². The van der Waals surface area contributed by atoms with Gasteiger partial charge in [0.1, 0.15) is 5.82 Å². The lowest BCUT2D eigenvalue weighted by atomic mass is 10.1. The van der Waals surface area contributed by atoms with E-state index < -0.39 is 6.03 Å². The number of nitrogens with two attached hydrogens (primary N) is 1.